The molecule has 1 saturated heterocycles. The van der Waals surface area contributed by atoms with Crippen LogP contribution >= 0.6 is 22.9 Å². The lowest BCUT2D eigenvalue weighted by Crippen LogP contribution is -2.68. The number of halogens is 1. The van der Waals surface area contributed by atoms with Gasteiger partial charge in [0, 0.05) is 18.6 Å². The minimum atomic E-state index is -3.57. The lowest BCUT2D eigenvalue weighted by molar-refractivity contribution is -0.00922. The van der Waals surface area contributed by atoms with Gasteiger partial charge in [0.25, 0.3) is 10.0 Å². The van der Waals surface area contributed by atoms with Crippen molar-refractivity contribution in [3.05, 3.63) is 16.0 Å². The molecule has 106 valence electrons. The quantitative estimate of drug-likeness (QED) is 0.873. The van der Waals surface area contributed by atoms with Crippen molar-refractivity contribution < 1.29 is 13.2 Å². The Morgan fingerprint density at radius 3 is 2.95 bits per heavy atom. The zero-order valence-electron chi connectivity index (χ0n) is 10.3. The Bertz CT molecular complexity index is 582. The third kappa shape index (κ3) is 2.22. The maximum absolute atomic E-state index is 12.3. The van der Waals surface area contributed by atoms with E-state index in [1.807, 2.05) is 0 Å². The van der Waals surface area contributed by atoms with E-state index in [9.17, 15) is 8.42 Å². The van der Waals surface area contributed by atoms with Crippen molar-refractivity contribution in [2.75, 3.05) is 6.61 Å². The molecule has 0 amide bonds. The van der Waals surface area contributed by atoms with E-state index in [4.69, 9.17) is 22.1 Å². The summed E-state index contributed by atoms with van der Waals surface area (Å²) >= 11 is 6.97. The molecule has 8 heteroatoms. The van der Waals surface area contributed by atoms with Crippen LogP contribution in [-0.2, 0) is 14.8 Å². The second-order valence-corrected chi connectivity index (χ2v) is 8.63. The highest BCUT2D eigenvalue weighted by atomic mass is 35.5. The van der Waals surface area contributed by atoms with Gasteiger partial charge in [0.05, 0.1) is 16.5 Å². The number of fused-ring (bicyclic) bond motifs is 1. The van der Waals surface area contributed by atoms with Gasteiger partial charge in [0.1, 0.15) is 4.21 Å². The molecule has 0 radical (unpaired) electrons. The fourth-order valence-corrected chi connectivity index (χ4v) is 5.70. The van der Waals surface area contributed by atoms with Crippen LogP contribution in [0.1, 0.15) is 12.0 Å². The first-order chi connectivity index (χ1) is 8.90. The number of hydrogen-bond acceptors (Lipinski definition) is 5. The fourth-order valence-electron chi connectivity index (χ4n) is 2.70. The molecule has 3 rings (SSSR count). The van der Waals surface area contributed by atoms with Gasteiger partial charge < -0.3 is 10.5 Å². The third-order valence-electron chi connectivity index (χ3n) is 3.84. The minimum absolute atomic E-state index is 0.0821. The van der Waals surface area contributed by atoms with Crippen LogP contribution in [-0.4, -0.2) is 33.2 Å². The van der Waals surface area contributed by atoms with E-state index in [-0.39, 0.29) is 28.3 Å². The molecule has 1 aliphatic carbocycles. The van der Waals surface area contributed by atoms with Crippen LogP contribution in [0.25, 0.3) is 0 Å². The summed E-state index contributed by atoms with van der Waals surface area (Å²) < 4.78 is 33.4. The van der Waals surface area contributed by atoms with Gasteiger partial charge in [-0.05, 0) is 25.0 Å². The summed E-state index contributed by atoms with van der Waals surface area (Å²) in [5, 5.41) is 0. The van der Waals surface area contributed by atoms with Crippen LogP contribution in [0.4, 0.5) is 0 Å². The molecular formula is C11H15ClN2O3S2. The lowest BCUT2D eigenvalue weighted by Gasteiger charge is -2.45. The molecule has 1 aromatic rings. The second-order valence-electron chi connectivity index (χ2n) is 5.03. The molecule has 0 bridgehead atoms. The van der Waals surface area contributed by atoms with Crippen LogP contribution in [0, 0.1) is 12.8 Å². The largest absolute Gasteiger partial charge is 0.376 e. The molecule has 4 atom stereocenters. The summed E-state index contributed by atoms with van der Waals surface area (Å²) in [7, 11) is -3.57. The highest BCUT2D eigenvalue weighted by Gasteiger charge is 2.53. The first-order valence-electron chi connectivity index (χ1n) is 6.05. The molecule has 1 aliphatic heterocycles. The van der Waals surface area contributed by atoms with E-state index in [2.05, 4.69) is 4.72 Å². The van der Waals surface area contributed by atoms with Gasteiger partial charge >= 0.3 is 0 Å². The summed E-state index contributed by atoms with van der Waals surface area (Å²) in [6.45, 7) is 2.44. The number of sulfonamides is 1. The number of ether oxygens (including phenoxy) is 1. The van der Waals surface area contributed by atoms with E-state index in [1.54, 1.807) is 13.0 Å². The SMILES string of the molecule is Cc1cc(S(=O)(=O)NC2C(N)C3CCOC32)sc1Cl. The first kappa shape index (κ1) is 13.8. The van der Waals surface area contributed by atoms with Crippen molar-refractivity contribution in [3.8, 4) is 0 Å². The van der Waals surface area contributed by atoms with Gasteiger partial charge in [0.15, 0.2) is 0 Å². The normalized spacial score (nSPS) is 34.1. The maximum atomic E-state index is 12.3. The standard InChI is InChI=1S/C11H15ClN2O3S2/c1-5-4-7(18-11(5)12)19(15,16)14-9-8(13)6-2-3-17-10(6)9/h4,6,8-10,14H,2-3,13H2,1H3. The zero-order valence-corrected chi connectivity index (χ0v) is 12.7. The van der Waals surface area contributed by atoms with Gasteiger partial charge in [-0.1, -0.05) is 11.6 Å². The Kier molecular flexibility index (Phi) is 3.40. The zero-order chi connectivity index (χ0) is 13.8. The monoisotopic (exact) mass is 322 g/mol. The van der Waals surface area contributed by atoms with Gasteiger partial charge in [-0.3, -0.25) is 0 Å². The molecule has 1 saturated carbocycles. The number of hydrogen-bond donors (Lipinski definition) is 2. The van der Waals surface area contributed by atoms with Crippen LogP contribution in [0.3, 0.4) is 0 Å². The summed E-state index contributed by atoms with van der Waals surface area (Å²) in [5.41, 5.74) is 6.76. The Labute approximate surface area is 121 Å². The van der Waals surface area contributed by atoms with Crippen molar-refractivity contribution in [2.24, 2.45) is 11.7 Å². The molecule has 2 aliphatic rings. The second kappa shape index (κ2) is 4.68. The summed E-state index contributed by atoms with van der Waals surface area (Å²) in [6, 6.07) is 1.07. The number of nitrogens with two attached hydrogens (primary N) is 1. The van der Waals surface area contributed by atoms with Crippen molar-refractivity contribution >= 4 is 33.0 Å². The number of thiophene rings is 1. The Morgan fingerprint density at radius 2 is 2.32 bits per heavy atom. The van der Waals surface area contributed by atoms with E-state index in [0.717, 1.165) is 23.3 Å². The van der Waals surface area contributed by atoms with E-state index >= 15 is 0 Å². The molecule has 3 N–H and O–H groups in total. The molecule has 5 nitrogen and oxygen atoms in total. The minimum Gasteiger partial charge on any atom is -0.376 e. The van der Waals surface area contributed by atoms with Crippen molar-refractivity contribution in [1.29, 1.82) is 0 Å². The number of aryl methyl sites for hydroxylation is 1. The van der Waals surface area contributed by atoms with Crippen LogP contribution in [0.5, 0.6) is 0 Å². The van der Waals surface area contributed by atoms with Crippen molar-refractivity contribution in [3.63, 3.8) is 0 Å². The first-order valence-corrected chi connectivity index (χ1v) is 8.73. The molecule has 2 fully saturated rings. The Hall–Kier alpha value is -0.180. The molecule has 0 aromatic carbocycles. The summed E-state index contributed by atoms with van der Waals surface area (Å²) in [6.07, 6.45) is 0.829. The highest BCUT2D eigenvalue weighted by Crippen LogP contribution is 2.39. The van der Waals surface area contributed by atoms with Crippen LogP contribution in [0.2, 0.25) is 4.34 Å². The fraction of sp³-hybridized carbons (Fsp3) is 0.636. The van der Waals surface area contributed by atoms with Crippen LogP contribution in [0.15, 0.2) is 10.3 Å². The predicted molar refractivity (Wildman–Crippen MR) is 74.0 cm³/mol. The number of rotatable bonds is 3. The Balaban J connectivity index is 1.79. The molecule has 2 heterocycles. The smallest absolute Gasteiger partial charge is 0.250 e. The van der Waals surface area contributed by atoms with Crippen LogP contribution < -0.4 is 10.5 Å². The topological polar surface area (TPSA) is 81.4 Å². The van der Waals surface area contributed by atoms with Gasteiger partial charge in [-0.25, -0.2) is 13.1 Å². The average Bonchev–Trinajstić information content (AvgIpc) is 2.92. The van der Waals surface area contributed by atoms with E-state index in [0.29, 0.717) is 10.9 Å². The maximum Gasteiger partial charge on any atom is 0.250 e. The van der Waals surface area contributed by atoms with Gasteiger partial charge in [0.2, 0.25) is 0 Å². The van der Waals surface area contributed by atoms with Crippen molar-refractivity contribution in [1.82, 2.24) is 4.72 Å². The summed E-state index contributed by atoms with van der Waals surface area (Å²) in [5.74, 6) is 0.279. The third-order valence-corrected chi connectivity index (χ3v) is 7.33. The molecular weight excluding hydrogens is 308 g/mol. The Morgan fingerprint density at radius 1 is 1.58 bits per heavy atom. The lowest BCUT2D eigenvalue weighted by atomic mass is 9.73. The molecule has 19 heavy (non-hydrogen) atoms. The molecule has 1 aromatic heterocycles. The van der Waals surface area contributed by atoms with Gasteiger partial charge in [-0.2, -0.15) is 0 Å². The van der Waals surface area contributed by atoms with E-state index in [1.165, 1.54) is 0 Å². The van der Waals surface area contributed by atoms with Gasteiger partial charge in [-0.15, -0.1) is 11.3 Å². The predicted octanol–water partition coefficient (Wildman–Crippen LogP) is 1.10. The highest BCUT2D eigenvalue weighted by molar-refractivity contribution is 7.91. The van der Waals surface area contributed by atoms with Crippen molar-refractivity contribution in [2.45, 2.75) is 35.7 Å². The number of nitrogens with one attached hydrogen (secondary N) is 1. The summed E-state index contributed by atoms with van der Waals surface area (Å²) in [4.78, 5) is 0. The molecule has 0 spiro atoms. The van der Waals surface area contributed by atoms with E-state index < -0.39 is 10.0 Å². The molecule has 4 unspecified atom stereocenters. The average molecular weight is 323 g/mol.